The van der Waals surface area contributed by atoms with E-state index in [1.54, 1.807) is 12.1 Å². The summed E-state index contributed by atoms with van der Waals surface area (Å²) in [6, 6.07) is 12.9. The van der Waals surface area contributed by atoms with Crippen molar-refractivity contribution in [1.29, 1.82) is 0 Å². The quantitative estimate of drug-likeness (QED) is 0.361. The van der Waals surface area contributed by atoms with Crippen LogP contribution in [0.5, 0.6) is 5.75 Å². The highest BCUT2D eigenvalue weighted by molar-refractivity contribution is 7.88. The molecule has 3 heterocycles. The topological polar surface area (TPSA) is 110 Å². The third-order valence-corrected chi connectivity index (χ3v) is 8.68. The minimum absolute atomic E-state index is 0.0950. The van der Waals surface area contributed by atoms with E-state index in [-0.39, 0.29) is 17.6 Å². The summed E-state index contributed by atoms with van der Waals surface area (Å²) < 4.78 is 37.7. The molecule has 1 atom stereocenters. The van der Waals surface area contributed by atoms with Crippen LogP contribution in [-0.2, 0) is 10.0 Å². The Balaban J connectivity index is 1.54. The zero-order valence-corrected chi connectivity index (χ0v) is 22.1. The summed E-state index contributed by atoms with van der Waals surface area (Å²) in [7, 11) is -3.21. The maximum atomic E-state index is 12.5. The van der Waals surface area contributed by atoms with Gasteiger partial charge in [0.25, 0.3) is 0 Å². The Bertz CT molecular complexity index is 1620. The van der Waals surface area contributed by atoms with Gasteiger partial charge in [-0.3, -0.25) is 0 Å². The number of benzene rings is 2. The van der Waals surface area contributed by atoms with Gasteiger partial charge in [-0.1, -0.05) is 24.3 Å². The van der Waals surface area contributed by atoms with Gasteiger partial charge in [0.15, 0.2) is 5.76 Å². The summed E-state index contributed by atoms with van der Waals surface area (Å²) in [6.45, 7) is 6.69. The molecular weight excluding hydrogens is 492 g/mol. The summed E-state index contributed by atoms with van der Waals surface area (Å²) in [4.78, 5) is 17.3. The second kappa shape index (κ2) is 9.46. The van der Waals surface area contributed by atoms with Crippen LogP contribution in [0.2, 0.25) is 0 Å². The Hall–Kier alpha value is -3.43. The molecule has 0 amide bonds. The average molecular weight is 523 g/mol. The molecule has 8 nitrogen and oxygen atoms in total. The zero-order chi connectivity index (χ0) is 26.5. The van der Waals surface area contributed by atoms with E-state index in [4.69, 9.17) is 14.1 Å². The second-order valence-corrected chi connectivity index (χ2v) is 11.8. The van der Waals surface area contributed by atoms with Crippen molar-refractivity contribution in [1.82, 2.24) is 9.29 Å². The fourth-order valence-corrected chi connectivity index (χ4v) is 6.09. The van der Waals surface area contributed by atoms with Crippen molar-refractivity contribution in [3.8, 4) is 17.2 Å². The summed E-state index contributed by atoms with van der Waals surface area (Å²) in [6.07, 6.45) is 2.36. The van der Waals surface area contributed by atoms with Gasteiger partial charge in [-0.2, -0.15) is 0 Å². The van der Waals surface area contributed by atoms with Gasteiger partial charge in [-0.15, -0.1) is 0 Å². The molecule has 0 saturated carbocycles. The number of hydrogen-bond acceptors (Lipinski definition) is 6. The molecule has 194 valence electrons. The maximum absolute atomic E-state index is 12.5. The molecule has 0 radical (unpaired) electrons. The Morgan fingerprint density at radius 2 is 1.86 bits per heavy atom. The van der Waals surface area contributed by atoms with Crippen LogP contribution in [0.25, 0.3) is 33.3 Å². The Morgan fingerprint density at radius 3 is 2.51 bits per heavy atom. The zero-order valence-electron chi connectivity index (χ0n) is 21.3. The number of nitrogens with zero attached hydrogens (tertiary/aromatic N) is 2. The van der Waals surface area contributed by atoms with Crippen molar-refractivity contribution < 1.29 is 27.5 Å². The van der Waals surface area contributed by atoms with Gasteiger partial charge in [0, 0.05) is 24.0 Å². The first kappa shape index (κ1) is 25.2. The number of aromatic nitrogens is 1. The first-order chi connectivity index (χ1) is 17.5. The maximum Gasteiger partial charge on any atom is 0.336 e. The van der Waals surface area contributed by atoms with Crippen LogP contribution in [0.3, 0.4) is 0 Å². The monoisotopic (exact) mass is 522 g/mol. The van der Waals surface area contributed by atoms with Gasteiger partial charge < -0.3 is 14.3 Å². The highest BCUT2D eigenvalue weighted by atomic mass is 32.2. The van der Waals surface area contributed by atoms with E-state index < -0.39 is 16.0 Å². The number of hydrogen-bond donors (Lipinski definition) is 1. The molecular formula is C28H30N2O6S. The number of furan rings is 1. The minimum Gasteiger partial charge on any atom is -0.490 e. The Morgan fingerprint density at radius 1 is 1.16 bits per heavy atom. The van der Waals surface area contributed by atoms with E-state index in [1.807, 2.05) is 51.1 Å². The number of carboxylic acids is 1. The van der Waals surface area contributed by atoms with Crippen LogP contribution in [0.1, 0.15) is 41.3 Å². The molecule has 9 heteroatoms. The van der Waals surface area contributed by atoms with Gasteiger partial charge in [0.2, 0.25) is 10.0 Å². The summed E-state index contributed by atoms with van der Waals surface area (Å²) >= 11 is 0. The SMILES string of the molecule is Cc1c(-c2cc(C(=O)O)c3c(OC(C)C4CCN(S(C)(=O)=O)CC4)ccc(C)c3n2)oc2ccccc12. The molecule has 0 aliphatic carbocycles. The lowest BCUT2D eigenvalue weighted by Crippen LogP contribution is -2.41. The summed E-state index contributed by atoms with van der Waals surface area (Å²) in [5.41, 5.74) is 3.55. The van der Waals surface area contributed by atoms with Gasteiger partial charge in [-0.05, 0) is 63.3 Å². The predicted molar refractivity (Wildman–Crippen MR) is 143 cm³/mol. The lowest BCUT2D eigenvalue weighted by atomic mass is 9.93. The molecule has 0 spiro atoms. The van der Waals surface area contributed by atoms with Crippen LogP contribution in [0.4, 0.5) is 0 Å². The standard InChI is InChI=1S/C28H30N2O6S/c1-16-9-10-24(35-18(3)19-11-13-30(14-12-19)37(4,33)34)25-21(28(31)32)15-22(29-26(16)25)27-17(2)20-7-5-6-8-23(20)36-27/h5-10,15,18-19H,11-14H2,1-4H3,(H,31,32). The number of carbonyl (C=O) groups is 1. The van der Waals surface area contributed by atoms with Crippen molar-refractivity contribution in [3.63, 3.8) is 0 Å². The fraction of sp³-hybridized carbons (Fsp3) is 0.357. The molecule has 1 fully saturated rings. The molecule has 37 heavy (non-hydrogen) atoms. The normalized spacial score (nSPS) is 16.3. The summed E-state index contributed by atoms with van der Waals surface area (Å²) in [5.74, 6) is 0.0683. The highest BCUT2D eigenvalue weighted by Crippen LogP contribution is 2.38. The van der Waals surface area contributed by atoms with Crippen molar-refractivity contribution in [3.05, 3.63) is 59.2 Å². The molecule has 1 saturated heterocycles. The number of carboxylic acid groups (broad SMARTS) is 1. The highest BCUT2D eigenvalue weighted by Gasteiger charge is 2.30. The van der Waals surface area contributed by atoms with Gasteiger partial charge in [0.05, 0.1) is 28.8 Å². The minimum atomic E-state index is -3.21. The van der Waals surface area contributed by atoms with Crippen molar-refractivity contribution in [2.45, 2.75) is 39.7 Å². The molecule has 1 N–H and O–H groups in total. The lowest BCUT2D eigenvalue weighted by molar-refractivity contribution is 0.0698. The van der Waals surface area contributed by atoms with Crippen molar-refractivity contribution >= 4 is 37.9 Å². The lowest BCUT2D eigenvalue weighted by Gasteiger charge is -2.33. The number of sulfonamides is 1. The molecule has 1 unspecified atom stereocenters. The van der Waals surface area contributed by atoms with E-state index in [0.29, 0.717) is 54.0 Å². The molecule has 4 aromatic rings. The number of ether oxygens (including phenoxy) is 1. The third kappa shape index (κ3) is 4.69. The Kier molecular flexibility index (Phi) is 6.45. The first-order valence-corrected chi connectivity index (χ1v) is 14.2. The Labute approximate surface area is 215 Å². The number of rotatable bonds is 6. The second-order valence-electron chi connectivity index (χ2n) is 9.84. The predicted octanol–water partition coefficient (Wildman–Crippen LogP) is 5.40. The smallest absolute Gasteiger partial charge is 0.336 e. The number of aryl methyl sites for hydroxylation is 2. The van der Waals surface area contributed by atoms with Gasteiger partial charge >= 0.3 is 5.97 Å². The van der Waals surface area contributed by atoms with Crippen LogP contribution >= 0.6 is 0 Å². The fourth-order valence-electron chi connectivity index (χ4n) is 5.22. The van der Waals surface area contributed by atoms with Crippen LogP contribution in [0, 0.1) is 19.8 Å². The number of para-hydroxylation sites is 1. The molecule has 1 aliphatic heterocycles. The molecule has 2 aromatic carbocycles. The number of aromatic carboxylic acids is 1. The number of piperidine rings is 1. The van der Waals surface area contributed by atoms with Crippen molar-refractivity contribution in [2.24, 2.45) is 5.92 Å². The average Bonchev–Trinajstić information content (AvgIpc) is 3.21. The molecule has 1 aliphatic rings. The third-order valence-electron chi connectivity index (χ3n) is 7.38. The van der Waals surface area contributed by atoms with Gasteiger partial charge in [0.1, 0.15) is 17.0 Å². The number of pyridine rings is 1. The van der Waals surface area contributed by atoms with E-state index in [9.17, 15) is 18.3 Å². The number of fused-ring (bicyclic) bond motifs is 2. The summed E-state index contributed by atoms with van der Waals surface area (Å²) in [5, 5.41) is 11.6. The van der Waals surface area contributed by atoms with Crippen molar-refractivity contribution in [2.75, 3.05) is 19.3 Å². The molecule has 2 aromatic heterocycles. The van der Waals surface area contributed by atoms with E-state index >= 15 is 0 Å². The van der Waals surface area contributed by atoms with Crippen LogP contribution in [0.15, 0.2) is 46.9 Å². The molecule has 5 rings (SSSR count). The largest absolute Gasteiger partial charge is 0.490 e. The first-order valence-electron chi connectivity index (χ1n) is 12.3. The van der Waals surface area contributed by atoms with E-state index in [1.165, 1.54) is 10.6 Å². The molecule has 0 bridgehead atoms. The van der Waals surface area contributed by atoms with Crippen LogP contribution in [-0.4, -0.2) is 54.2 Å². The van der Waals surface area contributed by atoms with Gasteiger partial charge in [-0.25, -0.2) is 22.5 Å². The van der Waals surface area contributed by atoms with Crippen LogP contribution < -0.4 is 4.74 Å². The van der Waals surface area contributed by atoms with E-state index in [0.717, 1.165) is 22.1 Å². The van der Waals surface area contributed by atoms with E-state index in [2.05, 4.69) is 0 Å².